The molecule has 0 aliphatic rings. The molecule has 2 rings (SSSR count). The number of rotatable bonds is 3. The Morgan fingerprint density at radius 1 is 1.50 bits per heavy atom. The number of benzene rings is 1. The summed E-state index contributed by atoms with van der Waals surface area (Å²) < 4.78 is 18.4. The van der Waals surface area contributed by atoms with Gasteiger partial charge in [0.1, 0.15) is 21.5 Å². The van der Waals surface area contributed by atoms with Crippen LogP contribution >= 0.6 is 11.3 Å². The Balaban J connectivity index is 2.58. The first kappa shape index (κ1) is 12.5. The number of ether oxygens (including phenoxy) is 1. The largest absolute Gasteiger partial charge is 0.496 e. The second-order valence-corrected chi connectivity index (χ2v) is 4.64. The number of carbonyl (C=O) groups excluding carboxylic acids is 1. The summed E-state index contributed by atoms with van der Waals surface area (Å²) >= 11 is 1.13. The van der Waals surface area contributed by atoms with Crippen molar-refractivity contribution in [2.75, 3.05) is 7.11 Å². The van der Waals surface area contributed by atoms with Crippen molar-refractivity contribution in [3.8, 4) is 16.3 Å². The second-order valence-electron chi connectivity index (χ2n) is 3.64. The summed E-state index contributed by atoms with van der Waals surface area (Å²) in [4.78, 5) is 15.8. The molecule has 2 aromatic rings. The van der Waals surface area contributed by atoms with E-state index in [-0.39, 0.29) is 5.82 Å². The summed E-state index contributed by atoms with van der Waals surface area (Å²) in [6.07, 6.45) is 0. The number of primary amides is 1. The molecule has 0 aliphatic heterocycles. The third-order valence-electron chi connectivity index (χ3n) is 2.41. The number of carbonyl (C=O) groups is 1. The molecule has 94 valence electrons. The number of hydrogen-bond donors (Lipinski definition) is 1. The maximum absolute atomic E-state index is 13.3. The minimum atomic E-state index is -0.536. The molecular weight excluding hydrogens is 255 g/mol. The highest BCUT2D eigenvalue weighted by atomic mass is 32.1. The van der Waals surface area contributed by atoms with E-state index in [1.807, 2.05) is 0 Å². The van der Waals surface area contributed by atoms with Crippen LogP contribution in [0.1, 0.15) is 15.4 Å². The molecule has 0 unspecified atom stereocenters. The van der Waals surface area contributed by atoms with E-state index in [1.165, 1.54) is 25.3 Å². The fourth-order valence-corrected chi connectivity index (χ4v) is 2.53. The maximum atomic E-state index is 13.3. The molecule has 1 aromatic carbocycles. The molecule has 0 fully saturated rings. The summed E-state index contributed by atoms with van der Waals surface area (Å²) in [5.74, 6) is -0.424. The lowest BCUT2D eigenvalue weighted by Crippen LogP contribution is -2.09. The highest BCUT2D eigenvalue weighted by Gasteiger charge is 2.16. The predicted octanol–water partition coefficient (Wildman–Crippen LogP) is 2.37. The van der Waals surface area contributed by atoms with Crippen molar-refractivity contribution in [2.24, 2.45) is 5.73 Å². The van der Waals surface area contributed by atoms with E-state index in [2.05, 4.69) is 4.98 Å². The van der Waals surface area contributed by atoms with Gasteiger partial charge >= 0.3 is 0 Å². The average Bonchev–Trinajstić information content (AvgIpc) is 2.71. The van der Waals surface area contributed by atoms with E-state index in [0.717, 1.165) is 11.3 Å². The molecular formula is C12H11FN2O2S. The maximum Gasteiger partial charge on any atom is 0.260 e. The zero-order valence-electron chi connectivity index (χ0n) is 9.86. The van der Waals surface area contributed by atoms with Crippen LogP contribution in [-0.2, 0) is 0 Å². The van der Waals surface area contributed by atoms with Crippen molar-refractivity contribution in [2.45, 2.75) is 6.92 Å². The third kappa shape index (κ3) is 2.19. The van der Waals surface area contributed by atoms with Gasteiger partial charge in [0.05, 0.1) is 18.4 Å². The first-order valence-corrected chi connectivity index (χ1v) is 5.95. The van der Waals surface area contributed by atoms with Gasteiger partial charge in [-0.1, -0.05) is 0 Å². The number of thiazole rings is 1. The number of nitrogens with two attached hydrogens (primary N) is 1. The van der Waals surface area contributed by atoms with Crippen molar-refractivity contribution < 1.29 is 13.9 Å². The summed E-state index contributed by atoms with van der Waals surface area (Å²) in [7, 11) is 1.49. The SMILES string of the molecule is COc1ccc(F)cc1-c1nc(C)c(C(N)=O)s1. The topological polar surface area (TPSA) is 65.2 Å². The molecule has 0 atom stereocenters. The van der Waals surface area contributed by atoms with Crippen LogP contribution in [0.5, 0.6) is 5.75 Å². The molecule has 6 heteroatoms. The molecule has 18 heavy (non-hydrogen) atoms. The Hall–Kier alpha value is -1.95. The Labute approximate surface area is 107 Å². The van der Waals surface area contributed by atoms with Gasteiger partial charge in [0.25, 0.3) is 5.91 Å². The quantitative estimate of drug-likeness (QED) is 0.927. The van der Waals surface area contributed by atoms with Gasteiger partial charge in [-0.05, 0) is 25.1 Å². The van der Waals surface area contributed by atoms with E-state index in [9.17, 15) is 9.18 Å². The fourth-order valence-electron chi connectivity index (χ4n) is 1.59. The van der Waals surface area contributed by atoms with Crippen molar-refractivity contribution in [1.29, 1.82) is 0 Å². The first-order valence-electron chi connectivity index (χ1n) is 5.14. The average molecular weight is 266 g/mol. The molecule has 1 heterocycles. The normalized spacial score (nSPS) is 10.4. The molecule has 4 nitrogen and oxygen atoms in total. The highest BCUT2D eigenvalue weighted by Crippen LogP contribution is 2.34. The van der Waals surface area contributed by atoms with Gasteiger partial charge in [-0.3, -0.25) is 4.79 Å². The van der Waals surface area contributed by atoms with Gasteiger partial charge < -0.3 is 10.5 Å². The van der Waals surface area contributed by atoms with Crippen LogP contribution in [0.2, 0.25) is 0 Å². The smallest absolute Gasteiger partial charge is 0.260 e. The zero-order valence-corrected chi connectivity index (χ0v) is 10.7. The molecule has 0 saturated carbocycles. The molecule has 0 radical (unpaired) electrons. The number of aryl methyl sites for hydroxylation is 1. The number of hydrogen-bond acceptors (Lipinski definition) is 4. The van der Waals surface area contributed by atoms with Crippen molar-refractivity contribution in [3.63, 3.8) is 0 Å². The number of nitrogens with zero attached hydrogens (tertiary/aromatic N) is 1. The predicted molar refractivity (Wildman–Crippen MR) is 67.3 cm³/mol. The van der Waals surface area contributed by atoms with Crippen molar-refractivity contribution in [1.82, 2.24) is 4.98 Å². The lowest BCUT2D eigenvalue weighted by atomic mass is 10.2. The van der Waals surface area contributed by atoms with Gasteiger partial charge in [-0.25, -0.2) is 9.37 Å². The van der Waals surface area contributed by atoms with Crippen LogP contribution in [0.25, 0.3) is 10.6 Å². The summed E-state index contributed by atoms with van der Waals surface area (Å²) in [5.41, 5.74) is 6.28. The standard InChI is InChI=1S/C12H11FN2O2S/c1-6-10(11(14)16)18-12(15-6)8-5-7(13)3-4-9(8)17-2/h3-5H,1-2H3,(H2,14,16). The number of methoxy groups -OCH3 is 1. The van der Waals surface area contributed by atoms with E-state index < -0.39 is 5.91 Å². The van der Waals surface area contributed by atoms with Crippen LogP contribution in [0.3, 0.4) is 0 Å². The minimum absolute atomic E-state index is 0.372. The molecule has 1 amide bonds. The molecule has 0 spiro atoms. The van der Waals surface area contributed by atoms with Gasteiger partial charge in [0, 0.05) is 0 Å². The van der Waals surface area contributed by atoms with Gasteiger partial charge in [-0.2, -0.15) is 0 Å². The highest BCUT2D eigenvalue weighted by molar-refractivity contribution is 7.17. The van der Waals surface area contributed by atoms with E-state index in [0.29, 0.717) is 26.9 Å². The third-order valence-corrected chi connectivity index (χ3v) is 3.62. The van der Waals surface area contributed by atoms with Gasteiger partial charge in [0.15, 0.2) is 0 Å². The summed E-state index contributed by atoms with van der Waals surface area (Å²) in [6, 6.07) is 4.14. The van der Waals surface area contributed by atoms with Crippen molar-refractivity contribution >= 4 is 17.2 Å². The number of halogens is 1. The van der Waals surface area contributed by atoms with E-state index in [1.54, 1.807) is 6.92 Å². The summed E-state index contributed by atoms with van der Waals surface area (Å²) in [5, 5.41) is 0.512. The molecule has 0 saturated heterocycles. The number of amides is 1. The van der Waals surface area contributed by atoms with Crippen molar-refractivity contribution in [3.05, 3.63) is 34.6 Å². The monoisotopic (exact) mass is 266 g/mol. The molecule has 2 N–H and O–H groups in total. The van der Waals surface area contributed by atoms with Crippen LogP contribution < -0.4 is 10.5 Å². The van der Waals surface area contributed by atoms with Crippen LogP contribution in [-0.4, -0.2) is 18.0 Å². The van der Waals surface area contributed by atoms with Crippen LogP contribution in [0, 0.1) is 12.7 Å². The second kappa shape index (κ2) is 4.73. The first-order chi connectivity index (χ1) is 8.52. The Bertz CT molecular complexity index is 610. The van der Waals surface area contributed by atoms with Crippen LogP contribution in [0.4, 0.5) is 4.39 Å². The van der Waals surface area contributed by atoms with E-state index in [4.69, 9.17) is 10.5 Å². The Morgan fingerprint density at radius 2 is 2.22 bits per heavy atom. The Morgan fingerprint density at radius 3 is 2.78 bits per heavy atom. The minimum Gasteiger partial charge on any atom is -0.496 e. The molecule has 1 aromatic heterocycles. The van der Waals surface area contributed by atoms with E-state index >= 15 is 0 Å². The fraction of sp³-hybridized carbons (Fsp3) is 0.167. The van der Waals surface area contributed by atoms with Gasteiger partial charge in [-0.15, -0.1) is 11.3 Å². The Kier molecular flexibility index (Phi) is 3.29. The number of aromatic nitrogens is 1. The zero-order chi connectivity index (χ0) is 13.3. The lowest BCUT2D eigenvalue weighted by molar-refractivity contribution is 0.100. The van der Waals surface area contributed by atoms with Gasteiger partial charge in [0.2, 0.25) is 0 Å². The summed E-state index contributed by atoms with van der Waals surface area (Å²) in [6.45, 7) is 1.69. The molecule has 0 bridgehead atoms. The van der Waals surface area contributed by atoms with Crippen LogP contribution in [0.15, 0.2) is 18.2 Å². The molecule has 0 aliphatic carbocycles. The lowest BCUT2D eigenvalue weighted by Gasteiger charge is -2.05.